The minimum atomic E-state index is -0.490. The Bertz CT molecular complexity index is 761. The largest absolute Gasteiger partial charge is 0.464 e. The number of hydrogen-bond acceptors (Lipinski definition) is 5. The molecule has 2 heterocycles. The summed E-state index contributed by atoms with van der Waals surface area (Å²) < 4.78 is 6.21. The molecule has 0 spiro atoms. The number of esters is 1. The molecule has 0 N–H and O–H groups in total. The maximum absolute atomic E-state index is 11.3. The average Bonchev–Trinajstić information content (AvgIpc) is 2.95. The van der Waals surface area contributed by atoms with Crippen molar-refractivity contribution in [2.24, 2.45) is 0 Å². The van der Waals surface area contributed by atoms with E-state index in [1.165, 1.54) is 7.11 Å². The third kappa shape index (κ3) is 2.23. The van der Waals surface area contributed by atoms with Crippen molar-refractivity contribution in [3.63, 3.8) is 0 Å². The second kappa shape index (κ2) is 5.08. The minimum absolute atomic E-state index is 0.200. The molecule has 100 valence electrons. The summed E-state index contributed by atoms with van der Waals surface area (Å²) in [6.07, 6.45) is 3.33. The number of hydrogen-bond donors (Lipinski definition) is 0. The van der Waals surface area contributed by atoms with Crippen LogP contribution in [0.1, 0.15) is 16.1 Å². The lowest BCUT2D eigenvalue weighted by atomic mass is 10.1. The van der Waals surface area contributed by atoms with Crippen LogP contribution in [0.5, 0.6) is 0 Å². The maximum atomic E-state index is 11.3. The molecule has 3 aromatic rings. The van der Waals surface area contributed by atoms with Crippen LogP contribution in [-0.2, 0) is 11.3 Å². The van der Waals surface area contributed by atoms with Gasteiger partial charge in [-0.1, -0.05) is 23.4 Å². The van der Waals surface area contributed by atoms with Gasteiger partial charge < -0.3 is 4.74 Å². The van der Waals surface area contributed by atoms with Gasteiger partial charge in [-0.3, -0.25) is 4.98 Å². The lowest BCUT2D eigenvalue weighted by Crippen LogP contribution is -2.02. The highest BCUT2D eigenvalue weighted by Crippen LogP contribution is 2.16. The Hall–Kier alpha value is -2.76. The molecule has 1 aromatic carbocycles. The first kappa shape index (κ1) is 12.3. The van der Waals surface area contributed by atoms with Crippen molar-refractivity contribution < 1.29 is 9.53 Å². The fraction of sp³-hybridized carbons (Fsp3) is 0.143. The molecule has 0 saturated heterocycles. The molecule has 3 rings (SSSR count). The molecule has 6 heteroatoms. The van der Waals surface area contributed by atoms with Gasteiger partial charge in [-0.25, -0.2) is 9.48 Å². The van der Waals surface area contributed by atoms with E-state index in [1.54, 1.807) is 17.1 Å². The quantitative estimate of drug-likeness (QED) is 0.676. The zero-order valence-corrected chi connectivity index (χ0v) is 10.9. The highest BCUT2D eigenvalue weighted by Gasteiger charge is 2.11. The molecule has 0 fully saturated rings. The molecule has 20 heavy (non-hydrogen) atoms. The van der Waals surface area contributed by atoms with Gasteiger partial charge in [-0.2, -0.15) is 0 Å². The van der Waals surface area contributed by atoms with Gasteiger partial charge in [0.05, 0.1) is 25.4 Å². The van der Waals surface area contributed by atoms with Crippen LogP contribution >= 0.6 is 0 Å². The summed E-state index contributed by atoms with van der Waals surface area (Å²) in [4.78, 5) is 15.7. The standard InChI is InChI=1S/C14H12N4O2/c1-20-14(19)13-9-18(17-16-13)8-10-6-7-15-12-5-3-2-4-11(10)12/h2-7,9H,8H2,1H3. The molecule has 0 amide bonds. The lowest BCUT2D eigenvalue weighted by Gasteiger charge is -2.05. The van der Waals surface area contributed by atoms with Crippen LogP contribution in [0.4, 0.5) is 0 Å². The van der Waals surface area contributed by atoms with E-state index in [0.717, 1.165) is 16.5 Å². The predicted octanol–water partition coefficient (Wildman–Crippen LogP) is 1.66. The van der Waals surface area contributed by atoms with E-state index in [-0.39, 0.29) is 5.69 Å². The number of benzene rings is 1. The third-order valence-electron chi connectivity index (χ3n) is 3.00. The number of pyridine rings is 1. The molecule has 0 bridgehead atoms. The second-order valence-corrected chi connectivity index (χ2v) is 4.28. The van der Waals surface area contributed by atoms with E-state index >= 15 is 0 Å². The van der Waals surface area contributed by atoms with Crippen molar-refractivity contribution in [2.45, 2.75) is 6.54 Å². The van der Waals surface area contributed by atoms with Crippen molar-refractivity contribution in [1.29, 1.82) is 0 Å². The van der Waals surface area contributed by atoms with Crippen LogP contribution in [0.15, 0.2) is 42.7 Å². The number of nitrogens with zero attached hydrogens (tertiary/aromatic N) is 4. The van der Waals surface area contributed by atoms with Crippen molar-refractivity contribution in [3.05, 3.63) is 54.0 Å². The fourth-order valence-electron chi connectivity index (χ4n) is 2.04. The van der Waals surface area contributed by atoms with E-state index in [4.69, 9.17) is 0 Å². The summed E-state index contributed by atoms with van der Waals surface area (Å²) in [5, 5.41) is 8.78. The SMILES string of the molecule is COC(=O)c1cn(Cc2ccnc3ccccc23)nn1. The van der Waals surface area contributed by atoms with Crippen LogP contribution in [-0.4, -0.2) is 33.1 Å². The van der Waals surface area contributed by atoms with Gasteiger partial charge in [0.15, 0.2) is 5.69 Å². The summed E-state index contributed by atoms with van der Waals surface area (Å²) in [5.41, 5.74) is 2.20. The first-order valence-corrected chi connectivity index (χ1v) is 6.09. The van der Waals surface area contributed by atoms with Crippen molar-refractivity contribution >= 4 is 16.9 Å². The molecule has 0 aliphatic heterocycles. The Morgan fingerprint density at radius 3 is 3.00 bits per heavy atom. The van der Waals surface area contributed by atoms with Crippen LogP contribution in [0.2, 0.25) is 0 Å². The molecule has 0 radical (unpaired) electrons. The van der Waals surface area contributed by atoms with E-state index in [2.05, 4.69) is 20.0 Å². The average molecular weight is 268 g/mol. The minimum Gasteiger partial charge on any atom is -0.464 e. The van der Waals surface area contributed by atoms with Crippen molar-refractivity contribution in [3.8, 4) is 0 Å². The van der Waals surface area contributed by atoms with E-state index in [0.29, 0.717) is 6.54 Å². The monoisotopic (exact) mass is 268 g/mol. The summed E-state index contributed by atoms with van der Waals surface area (Å²) >= 11 is 0. The van der Waals surface area contributed by atoms with E-state index < -0.39 is 5.97 Å². The predicted molar refractivity (Wildman–Crippen MR) is 72.2 cm³/mol. The summed E-state index contributed by atoms with van der Waals surface area (Å²) in [5.74, 6) is -0.490. The first-order chi connectivity index (χ1) is 9.78. The normalized spacial score (nSPS) is 10.7. The zero-order chi connectivity index (χ0) is 13.9. The number of fused-ring (bicyclic) bond motifs is 1. The van der Waals surface area contributed by atoms with Crippen molar-refractivity contribution in [1.82, 2.24) is 20.0 Å². The van der Waals surface area contributed by atoms with Crippen molar-refractivity contribution in [2.75, 3.05) is 7.11 Å². The molecule has 6 nitrogen and oxygen atoms in total. The maximum Gasteiger partial charge on any atom is 0.360 e. The van der Waals surface area contributed by atoms with Crippen LogP contribution < -0.4 is 0 Å². The van der Waals surface area contributed by atoms with Crippen LogP contribution in [0.3, 0.4) is 0 Å². The number of carbonyl (C=O) groups is 1. The molecule has 2 aromatic heterocycles. The van der Waals surface area contributed by atoms with E-state index in [9.17, 15) is 4.79 Å². The number of rotatable bonds is 3. The molecule has 0 aliphatic rings. The highest BCUT2D eigenvalue weighted by atomic mass is 16.5. The molecule has 0 saturated carbocycles. The topological polar surface area (TPSA) is 69.9 Å². The second-order valence-electron chi connectivity index (χ2n) is 4.28. The van der Waals surface area contributed by atoms with Gasteiger partial charge in [0.25, 0.3) is 0 Å². The van der Waals surface area contributed by atoms with Gasteiger partial charge in [-0.15, -0.1) is 5.10 Å². The van der Waals surface area contributed by atoms with E-state index in [1.807, 2.05) is 30.3 Å². The molecule has 0 unspecified atom stereocenters. The Morgan fingerprint density at radius 2 is 2.15 bits per heavy atom. The molecular weight excluding hydrogens is 256 g/mol. The first-order valence-electron chi connectivity index (χ1n) is 6.09. The fourth-order valence-corrected chi connectivity index (χ4v) is 2.04. The number of methoxy groups -OCH3 is 1. The number of para-hydroxylation sites is 1. The Morgan fingerprint density at radius 1 is 1.30 bits per heavy atom. The number of carbonyl (C=O) groups excluding carboxylic acids is 1. The summed E-state index contributed by atoms with van der Waals surface area (Å²) in [6.45, 7) is 0.521. The van der Waals surface area contributed by atoms with Crippen LogP contribution in [0, 0.1) is 0 Å². The Kier molecular flexibility index (Phi) is 3.12. The Balaban J connectivity index is 1.93. The highest BCUT2D eigenvalue weighted by molar-refractivity contribution is 5.86. The lowest BCUT2D eigenvalue weighted by molar-refractivity contribution is 0.0594. The summed E-state index contributed by atoms with van der Waals surface area (Å²) in [7, 11) is 1.32. The molecule has 0 atom stereocenters. The van der Waals surface area contributed by atoms with Gasteiger partial charge >= 0.3 is 5.97 Å². The molecule has 0 aliphatic carbocycles. The smallest absolute Gasteiger partial charge is 0.360 e. The summed E-state index contributed by atoms with van der Waals surface area (Å²) in [6, 6.07) is 9.82. The van der Waals surface area contributed by atoms with Gasteiger partial charge in [0.2, 0.25) is 0 Å². The number of ether oxygens (including phenoxy) is 1. The van der Waals surface area contributed by atoms with Crippen LogP contribution in [0.25, 0.3) is 10.9 Å². The zero-order valence-electron chi connectivity index (χ0n) is 10.9. The van der Waals surface area contributed by atoms with Gasteiger partial charge in [-0.05, 0) is 17.7 Å². The molecular formula is C14H12N4O2. The van der Waals surface area contributed by atoms with Gasteiger partial charge in [0.1, 0.15) is 0 Å². The van der Waals surface area contributed by atoms with Gasteiger partial charge in [0, 0.05) is 11.6 Å². The number of aromatic nitrogens is 4. The Labute approximate surface area is 115 Å². The third-order valence-corrected chi connectivity index (χ3v) is 3.00.